The van der Waals surface area contributed by atoms with Gasteiger partial charge >= 0.3 is 0 Å². The lowest BCUT2D eigenvalue weighted by molar-refractivity contribution is -0.127. The first kappa shape index (κ1) is 33.5. The third-order valence-electron chi connectivity index (χ3n) is 4.74. The highest BCUT2D eigenvalue weighted by atomic mass is 16.5. The van der Waals surface area contributed by atoms with Crippen LogP contribution in [0, 0.1) is 5.41 Å². The Balaban J connectivity index is -0.000000695. The molecule has 196 valence electrons. The van der Waals surface area contributed by atoms with E-state index in [0.717, 1.165) is 12.0 Å². The number of nitrogens with one attached hydrogen (secondary N) is 1. The fourth-order valence-corrected chi connectivity index (χ4v) is 2.95. The van der Waals surface area contributed by atoms with E-state index >= 15 is 0 Å². The van der Waals surface area contributed by atoms with Crippen molar-refractivity contribution in [1.82, 2.24) is 5.32 Å². The molecule has 0 spiro atoms. The first-order valence-corrected chi connectivity index (χ1v) is 12.1. The van der Waals surface area contributed by atoms with Gasteiger partial charge in [0.1, 0.15) is 12.4 Å². The Bertz CT molecular complexity index is 821. The van der Waals surface area contributed by atoms with Gasteiger partial charge in [-0.1, -0.05) is 79.7 Å². The van der Waals surface area contributed by atoms with E-state index in [-0.39, 0.29) is 20.0 Å². The van der Waals surface area contributed by atoms with E-state index in [9.17, 15) is 9.59 Å². The van der Waals surface area contributed by atoms with Gasteiger partial charge < -0.3 is 21.3 Å². The van der Waals surface area contributed by atoms with Crippen LogP contribution in [-0.4, -0.2) is 36.4 Å². The number of ketones is 1. The summed E-state index contributed by atoms with van der Waals surface area (Å²) in [4.78, 5) is 24.3. The minimum Gasteiger partial charge on any atom is -0.492 e. The fraction of sp³-hybridized carbons (Fsp3) is 0.500. The second-order valence-corrected chi connectivity index (χ2v) is 8.22. The SMILES string of the molecule is CC.CC.CCc1ccc(C(=O)NCCOc2ccc(CC(N)C(=O)C(C)(C)C)cc2)cc1.O.[HH].[HH]. The summed E-state index contributed by atoms with van der Waals surface area (Å²) in [6.45, 7) is 16.5. The largest absolute Gasteiger partial charge is 0.492 e. The zero-order valence-corrected chi connectivity index (χ0v) is 22.3. The van der Waals surface area contributed by atoms with Crippen molar-refractivity contribution in [2.75, 3.05) is 13.2 Å². The van der Waals surface area contributed by atoms with Crippen molar-refractivity contribution < 1.29 is 22.7 Å². The number of hydrogen-bond donors (Lipinski definition) is 2. The van der Waals surface area contributed by atoms with Crippen molar-refractivity contribution in [2.24, 2.45) is 11.1 Å². The van der Waals surface area contributed by atoms with Crippen molar-refractivity contribution in [3.63, 3.8) is 0 Å². The molecule has 0 bridgehead atoms. The third-order valence-corrected chi connectivity index (χ3v) is 4.74. The van der Waals surface area contributed by atoms with Crippen molar-refractivity contribution in [3.05, 3.63) is 65.2 Å². The lowest BCUT2D eigenvalue weighted by atomic mass is 9.85. The maximum Gasteiger partial charge on any atom is 0.251 e. The topological polar surface area (TPSA) is 113 Å². The molecule has 0 heterocycles. The Labute approximate surface area is 209 Å². The van der Waals surface area contributed by atoms with Gasteiger partial charge in [-0.05, 0) is 48.2 Å². The molecule has 1 unspecified atom stereocenters. The maximum atomic E-state index is 12.2. The number of carbonyl (C=O) groups excluding carboxylic acids is 2. The molecule has 0 saturated carbocycles. The van der Waals surface area contributed by atoms with Crippen LogP contribution in [0.3, 0.4) is 0 Å². The Morgan fingerprint density at radius 3 is 1.91 bits per heavy atom. The van der Waals surface area contributed by atoms with E-state index in [0.29, 0.717) is 30.9 Å². The van der Waals surface area contributed by atoms with E-state index in [1.54, 1.807) is 0 Å². The molecular formula is C28H50N2O4. The molecule has 1 amide bonds. The predicted octanol–water partition coefficient (Wildman–Crippen LogP) is 5.26. The van der Waals surface area contributed by atoms with Gasteiger partial charge in [0.15, 0.2) is 5.78 Å². The second kappa shape index (κ2) is 17.7. The van der Waals surface area contributed by atoms with Crippen LogP contribution in [0.15, 0.2) is 48.5 Å². The van der Waals surface area contributed by atoms with Crippen LogP contribution in [0.25, 0.3) is 0 Å². The summed E-state index contributed by atoms with van der Waals surface area (Å²) in [6, 6.07) is 14.6. The normalized spacial score (nSPS) is 10.9. The van der Waals surface area contributed by atoms with Crippen molar-refractivity contribution in [1.29, 1.82) is 0 Å². The zero-order chi connectivity index (χ0) is 25.4. The first-order chi connectivity index (χ1) is 15.7. The highest BCUT2D eigenvalue weighted by Crippen LogP contribution is 2.19. The van der Waals surface area contributed by atoms with Gasteiger partial charge in [0, 0.05) is 13.8 Å². The fourth-order valence-electron chi connectivity index (χ4n) is 2.95. The molecule has 0 fully saturated rings. The number of rotatable bonds is 9. The summed E-state index contributed by atoms with van der Waals surface area (Å²) in [5.74, 6) is 0.660. The van der Waals surface area contributed by atoms with Gasteiger partial charge in [0.05, 0.1) is 12.6 Å². The monoisotopic (exact) mass is 478 g/mol. The lowest BCUT2D eigenvalue weighted by Crippen LogP contribution is -2.40. The van der Waals surface area contributed by atoms with Gasteiger partial charge in [-0.15, -0.1) is 0 Å². The molecule has 0 saturated heterocycles. The van der Waals surface area contributed by atoms with Gasteiger partial charge in [-0.25, -0.2) is 0 Å². The Morgan fingerprint density at radius 1 is 0.941 bits per heavy atom. The van der Waals surface area contributed by atoms with Crippen LogP contribution >= 0.6 is 0 Å². The van der Waals surface area contributed by atoms with Crippen LogP contribution in [0.1, 0.15) is 79.7 Å². The summed E-state index contributed by atoms with van der Waals surface area (Å²) >= 11 is 0. The Hall–Kier alpha value is -2.70. The summed E-state index contributed by atoms with van der Waals surface area (Å²) < 4.78 is 5.68. The van der Waals surface area contributed by atoms with Crippen LogP contribution in [0.5, 0.6) is 5.75 Å². The Morgan fingerprint density at radius 2 is 1.44 bits per heavy atom. The summed E-state index contributed by atoms with van der Waals surface area (Å²) in [5.41, 5.74) is 8.45. The molecule has 0 radical (unpaired) electrons. The number of amides is 1. The van der Waals surface area contributed by atoms with E-state index in [2.05, 4.69) is 12.2 Å². The van der Waals surface area contributed by atoms with Crippen LogP contribution in [-0.2, 0) is 17.6 Å². The molecule has 2 aromatic rings. The summed E-state index contributed by atoms with van der Waals surface area (Å²) in [6.07, 6.45) is 1.45. The van der Waals surface area contributed by atoms with E-state index < -0.39 is 11.5 Å². The highest BCUT2D eigenvalue weighted by Gasteiger charge is 2.27. The first-order valence-electron chi connectivity index (χ1n) is 12.1. The van der Waals surface area contributed by atoms with E-state index in [1.807, 2.05) is 97.0 Å². The number of aryl methyl sites for hydroxylation is 1. The molecular weight excluding hydrogens is 428 g/mol. The van der Waals surface area contributed by atoms with E-state index in [4.69, 9.17) is 10.5 Å². The second-order valence-electron chi connectivity index (χ2n) is 8.22. The van der Waals surface area contributed by atoms with Gasteiger partial charge in [-0.2, -0.15) is 0 Å². The average Bonchev–Trinajstić information content (AvgIpc) is 2.84. The smallest absolute Gasteiger partial charge is 0.251 e. The molecule has 6 heteroatoms. The number of Topliss-reactive ketones (excluding diaryl/α,β-unsaturated/α-hetero) is 1. The average molecular weight is 479 g/mol. The molecule has 5 N–H and O–H groups in total. The molecule has 1 atom stereocenters. The number of ether oxygens (including phenoxy) is 1. The number of carbonyl (C=O) groups is 2. The number of benzene rings is 2. The zero-order valence-electron chi connectivity index (χ0n) is 22.3. The van der Waals surface area contributed by atoms with Crippen LogP contribution < -0.4 is 15.8 Å². The molecule has 0 aliphatic rings. The predicted molar refractivity (Wildman–Crippen MR) is 147 cm³/mol. The molecule has 0 aromatic heterocycles. The maximum absolute atomic E-state index is 12.2. The summed E-state index contributed by atoms with van der Waals surface area (Å²) in [7, 11) is 0. The molecule has 34 heavy (non-hydrogen) atoms. The molecule has 2 aromatic carbocycles. The number of nitrogens with two attached hydrogens (primary N) is 1. The van der Waals surface area contributed by atoms with Crippen LogP contribution in [0.2, 0.25) is 0 Å². The van der Waals surface area contributed by atoms with Crippen molar-refractivity contribution in [2.45, 2.75) is 74.3 Å². The number of hydrogen-bond acceptors (Lipinski definition) is 4. The minimum atomic E-state index is -0.511. The van der Waals surface area contributed by atoms with Gasteiger partial charge in [0.25, 0.3) is 5.91 Å². The Kier molecular flexibility index (Phi) is 17.5. The van der Waals surface area contributed by atoms with Crippen molar-refractivity contribution >= 4 is 11.7 Å². The van der Waals surface area contributed by atoms with Gasteiger partial charge in [0.2, 0.25) is 0 Å². The standard InChI is InChI=1S/C24H32N2O3.2C2H6.H2O.2H2/c1-5-17-6-10-19(11-7-17)23(28)26-14-15-29-20-12-8-18(9-13-20)16-21(25)22(27)24(2,3)4;2*1-2;;;/h6-13,21H,5,14-16,25H2,1-4H3,(H,26,28);2*1-2H3;1H2;2*1H. The van der Waals surface area contributed by atoms with Crippen LogP contribution in [0.4, 0.5) is 0 Å². The third kappa shape index (κ3) is 12.0. The van der Waals surface area contributed by atoms with Crippen molar-refractivity contribution in [3.8, 4) is 5.75 Å². The molecule has 0 aliphatic heterocycles. The minimum absolute atomic E-state index is 0. The van der Waals surface area contributed by atoms with Gasteiger partial charge in [-0.3, -0.25) is 9.59 Å². The highest BCUT2D eigenvalue weighted by molar-refractivity contribution is 5.94. The van der Waals surface area contributed by atoms with E-state index in [1.165, 1.54) is 5.56 Å². The quantitative estimate of drug-likeness (QED) is 0.478. The molecule has 2 rings (SSSR count). The lowest BCUT2D eigenvalue weighted by Gasteiger charge is -2.21. The molecule has 6 nitrogen and oxygen atoms in total. The molecule has 0 aliphatic carbocycles. The summed E-state index contributed by atoms with van der Waals surface area (Å²) in [5, 5.41) is 2.85.